The Bertz CT molecular complexity index is 1830. The van der Waals surface area contributed by atoms with Crippen molar-refractivity contribution in [3.05, 3.63) is 113 Å². The van der Waals surface area contributed by atoms with Gasteiger partial charge in [0.05, 0.1) is 28.7 Å². The number of pyridine rings is 1. The minimum Gasteiger partial charge on any atom is -0.481 e. The second-order valence-electron chi connectivity index (χ2n) is 11.0. The number of aromatic nitrogens is 3. The molecule has 5 aromatic rings. The van der Waals surface area contributed by atoms with E-state index in [-0.39, 0.29) is 18.8 Å². The van der Waals surface area contributed by atoms with E-state index in [4.69, 9.17) is 14.5 Å². The van der Waals surface area contributed by atoms with E-state index >= 15 is 4.39 Å². The summed E-state index contributed by atoms with van der Waals surface area (Å²) < 4.78 is 42.7. The van der Waals surface area contributed by atoms with E-state index in [2.05, 4.69) is 4.98 Å². The molecule has 1 aliphatic carbocycles. The standard InChI is InChI=1S/C34H31F2N3O4/c1-21-6-7-24(26(35)16-21)20-43-32-5-3-4-28(38-32)23-9-8-22(27(36)17-23)18-31-37-29-11-10-25(34(12-13-34)33(40)41)19-30(29)39(31)14-15-42-2/h3-11,16-17,19H,12-15,18,20H2,1-2H3,(H,40,41). The summed E-state index contributed by atoms with van der Waals surface area (Å²) in [6, 6.07) is 20.7. The Morgan fingerprint density at radius 2 is 1.77 bits per heavy atom. The second-order valence-corrected chi connectivity index (χ2v) is 11.0. The molecule has 0 spiro atoms. The molecule has 1 N–H and O–H groups in total. The number of carboxylic acids is 1. The number of halogens is 2. The summed E-state index contributed by atoms with van der Waals surface area (Å²) in [6.07, 6.45) is 1.46. The maximum Gasteiger partial charge on any atom is 0.314 e. The van der Waals surface area contributed by atoms with E-state index < -0.39 is 17.2 Å². The molecule has 0 aliphatic heterocycles. The fourth-order valence-corrected chi connectivity index (χ4v) is 5.39. The normalized spacial score (nSPS) is 13.8. The first-order chi connectivity index (χ1) is 20.8. The third-order valence-electron chi connectivity index (χ3n) is 8.06. The van der Waals surface area contributed by atoms with Gasteiger partial charge in [0.2, 0.25) is 5.88 Å². The average molecular weight is 584 g/mol. The largest absolute Gasteiger partial charge is 0.481 e. The zero-order valence-corrected chi connectivity index (χ0v) is 23.9. The van der Waals surface area contributed by atoms with Gasteiger partial charge in [0.25, 0.3) is 0 Å². The van der Waals surface area contributed by atoms with Crippen LogP contribution in [0.3, 0.4) is 0 Å². The fraction of sp³-hybridized carbons (Fsp3) is 0.265. The van der Waals surface area contributed by atoms with E-state index in [1.807, 2.05) is 35.8 Å². The van der Waals surface area contributed by atoms with Crippen molar-refractivity contribution in [3.8, 4) is 17.1 Å². The van der Waals surface area contributed by atoms with Gasteiger partial charge < -0.3 is 19.1 Å². The van der Waals surface area contributed by atoms with Crippen LogP contribution in [0.5, 0.6) is 5.88 Å². The van der Waals surface area contributed by atoms with Gasteiger partial charge in [0, 0.05) is 37.3 Å². The molecule has 3 aromatic carbocycles. The second kappa shape index (κ2) is 11.6. The SMILES string of the molecule is COCCn1c(Cc2ccc(-c3cccc(OCc4ccc(C)cc4F)n3)cc2F)nc2ccc(C3(C(=O)O)CC3)cc21. The van der Waals surface area contributed by atoms with Crippen molar-refractivity contribution in [1.29, 1.82) is 0 Å². The molecule has 0 bridgehead atoms. The number of aliphatic carboxylic acids is 1. The minimum atomic E-state index is -0.833. The van der Waals surface area contributed by atoms with Crippen LogP contribution in [0.4, 0.5) is 8.78 Å². The Hall–Kier alpha value is -4.63. The van der Waals surface area contributed by atoms with Gasteiger partial charge in [-0.25, -0.2) is 18.7 Å². The van der Waals surface area contributed by atoms with E-state index in [0.717, 1.165) is 22.2 Å². The van der Waals surface area contributed by atoms with Gasteiger partial charge in [-0.1, -0.05) is 36.4 Å². The van der Waals surface area contributed by atoms with Crippen LogP contribution < -0.4 is 4.74 Å². The molecule has 1 fully saturated rings. The highest BCUT2D eigenvalue weighted by atomic mass is 19.1. The molecule has 0 saturated heterocycles. The molecule has 0 radical (unpaired) electrons. The van der Waals surface area contributed by atoms with Gasteiger partial charge in [-0.2, -0.15) is 0 Å². The molecule has 9 heteroatoms. The molecule has 1 aliphatic rings. The van der Waals surface area contributed by atoms with Gasteiger partial charge in [0.1, 0.15) is 24.1 Å². The third kappa shape index (κ3) is 5.72. The van der Waals surface area contributed by atoms with Crippen LogP contribution in [-0.2, 0) is 34.5 Å². The molecule has 6 rings (SSSR count). The zero-order chi connectivity index (χ0) is 30.1. The summed E-state index contributed by atoms with van der Waals surface area (Å²) in [5, 5.41) is 9.77. The predicted octanol–water partition coefficient (Wildman–Crippen LogP) is 6.62. The Kier molecular flexibility index (Phi) is 7.66. The van der Waals surface area contributed by atoms with Crippen LogP contribution in [0.1, 0.15) is 40.9 Å². The average Bonchev–Trinajstić information content (AvgIpc) is 3.74. The van der Waals surface area contributed by atoms with Gasteiger partial charge in [-0.3, -0.25) is 4.79 Å². The van der Waals surface area contributed by atoms with Crippen molar-refractivity contribution >= 4 is 17.0 Å². The van der Waals surface area contributed by atoms with Crippen LogP contribution in [0.2, 0.25) is 0 Å². The molecule has 2 aromatic heterocycles. The lowest BCUT2D eigenvalue weighted by Gasteiger charge is -2.13. The molecule has 0 unspecified atom stereocenters. The van der Waals surface area contributed by atoms with Crippen LogP contribution in [-0.4, -0.2) is 39.3 Å². The van der Waals surface area contributed by atoms with Gasteiger partial charge in [0.15, 0.2) is 0 Å². The number of carboxylic acid groups (broad SMARTS) is 1. The van der Waals surface area contributed by atoms with Gasteiger partial charge >= 0.3 is 5.97 Å². The molecule has 1 saturated carbocycles. The van der Waals surface area contributed by atoms with Crippen molar-refractivity contribution in [2.75, 3.05) is 13.7 Å². The number of methoxy groups -OCH3 is 1. The van der Waals surface area contributed by atoms with Crippen molar-refractivity contribution in [1.82, 2.24) is 14.5 Å². The highest BCUT2D eigenvalue weighted by Gasteiger charge is 2.51. The van der Waals surface area contributed by atoms with Crippen molar-refractivity contribution in [3.63, 3.8) is 0 Å². The Morgan fingerprint density at radius 1 is 0.977 bits per heavy atom. The Morgan fingerprint density at radius 3 is 2.49 bits per heavy atom. The summed E-state index contributed by atoms with van der Waals surface area (Å²) in [5.74, 6) is -0.584. The predicted molar refractivity (Wildman–Crippen MR) is 158 cm³/mol. The zero-order valence-electron chi connectivity index (χ0n) is 23.9. The van der Waals surface area contributed by atoms with E-state index in [0.29, 0.717) is 60.1 Å². The highest BCUT2D eigenvalue weighted by molar-refractivity contribution is 5.87. The summed E-state index contributed by atoms with van der Waals surface area (Å²) in [6.45, 7) is 2.77. The Balaban J connectivity index is 1.24. The van der Waals surface area contributed by atoms with E-state index in [1.165, 1.54) is 12.1 Å². The van der Waals surface area contributed by atoms with E-state index in [9.17, 15) is 14.3 Å². The summed E-state index contributed by atoms with van der Waals surface area (Å²) >= 11 is 0. The molecular formula is C34H31F2N3O4. The van der Waals surface area contributed by atoms with Crippen LogP contribution in [0, 0.1) is 18.6 Å². The number of nitrogens with zero attached hydrogens (tertiary/aromatic N) is 3. The number of fused-ring (bicyclic) bond motifs is 1. The molecule has 2 heterocycles. The minimum absolute atomic E-state index is 0.0265. The number of hydrogen-bond acceptors (Lipinski definition) is 5. The Labute approximate surface area is 247 Å². The number of benzene rings is 3. The molecule has 43 heavy (non-hydrogen) atoms. The molecule has 7 nitrogen and oxygen atoms in total. The smallest absolute Gasteiger partial charge is 0.314 e. The number of carbonyl (C=O) groups is 1. The molecule has 220 valence electrons. The number of ether oxygens (including phenoxy) is 2. The lowest BCUT2D eigenvalue weighted by Crippen LogP contribution is -2.19. The van der Waals surface area contributed by atoms with Gasteiger partial charge in [-0.15, -0.1) is 0 Å². The fourth-order valence-electron chi connectivity index (χ4n) is 5.39. The van der Waals surface area contributed by atoms with Crippen molar-refractivity contribution in [2.45, 2.75) is 44.8 Å². The van der Waals surface area contributed by atoms with Crippen molar-refractivity contribution < 1.29 is 28.2 Å². The number of hydrogen-bond donors (Lipinski definition) is 1. The first-order valence-electron chi connectivity index (χ1n) is 14.1. The lowest BCUT2D eigenvalue weighted by atomic mass is 9.96. The first kappa shape index (κ1) is 28.5. The maximum absolute atomic E-state index is 15.5. The number of rotatable bonds is 11. The van der Waals surface area contributed by atoms with Crippen LogP contribution >= 0.6 is 0 Å². The first-order valence-corrected chi connectivity index (χ1v) is 14.1. The number of aryl methyl sites for hydroxylation is 1. The summed E-state index contributed by atoms with van der Waals surface area (Å²) in [4.78, 5) is 21.2. The monoisotopic (exact) mass is 583 g/mol. The quantitative estimate of drug-likeness (QED) is 0.188. The summed E-state index contributed by atoms with van der Waals surface area (Å²) in [7, 11) is 1.61. The molecule has 0 amide bonds. The molecular weight excluding hydrogens is 552 g/mol. The number of imidazole rings is 1. The summed E-state index contributed by atoms with van der Waals surface area (Å²) in [5.41, 5.74) is 4.28. The lowest BCUT2D eigenvalue weighted by molar-refractivity contribution is -0.140. The maximum atomic E-state index is 15.5. The van der Waals surface area contributed by atoms with Crippen LogP contribution in [0.25, 0.3) is 22.3 Å². The highest BCUT2D eigenvalue weighted by Crippen LogP contribution is 2.49. The third-order valence-corrected chi connectivity index (χ3v) is 8.06. The van der Waals surface area contributed by atoms with Crippen LogP contribution in [0.15, 0.2) is 72.8 Å². The van der Waals surface area contributed by atoms with Gasteiger partial charge in [-0.05, 0) is 66.8 Å². The van der Waals surface area contributed by atoms with E-state index in [1.54, 1.807) is 43.5 Å². The van der Waals surface area contributed by atoms with Crippen molar-refractivity contribution in [2.24, 2.45) is 0 Å². The topological polar surface area (TPSA) is 86.5 Å². The molecule has 0 atom stereocenters.